The zero-order chi connectivity index (χ0) is 14.2. The summed E-state index contributed by atoms with van der Waals surface area (Å²) < 4.78 is 5.10. The number of rotatable bonds is 8. The van der Waals surface area contributed by atoms with Gasteiger partial charge < -0.3 is 9.73 Å². The Hall–Kier alpha value is -1.58. The number of hydrogen-bond acceptors (Lipinski definition) is 3. The van der Waals surface area contributed by atoms with Crippen LogP contribution in [0.3, 0.4) is 0 Å². The number of furan rings is 1. The molecule has 0 spiro atoms. The molecule has 0 aliphatic heterocycles. The molecule has 0 aliphatic rings. The smallest absolute Gasteiger partial charge is 0.0947 e. The maximum absolute atomic E-state index is 5.10. The van der Waals surface area contributed by atoms with Crippen molar-refractivity contribution in [3.63, 3.8) is 0 Å². The van der Waals surface area contributed by atoms with Gasteiger partial charge >= 0.3 is 0 Å². The van der Waals surface area contributed by atoms with Crippen LogP contribution in [0.4, 0.5) is 0 Å². The Morgan fingerprint density at radius 2 is 1.90 bits per heavy atom. The van der Waals surface area contributed by atoms with Crippen molar-refractivity contribution >= 4 is 0 Å². The molecular formula is C17H24N2O. The molecule has 1 N–H and O–H groups in total. The van der Waals surface area contributed by atoms with Gasteiger partial charge in [-0.25, -0.2) is 0 Å². The summed E-state index contributed by atoms with van der Waals surface area (Å²) in [5, 5.41) is 3.44. The predicted molar refractivity (Wildman–Crippen MR) is 82.3 cm³/mol. The van der Waals surface area contributed by atoms with E-state index in [4.69, 9.17) is 4.42 Å². The fraction of sp³-hybridized carbons (Fsp3) is 0.412. The van der Waals surface area contributed by atoms with Crippen molar-refractivity contribution in [3.8, 4) is 0 Å². The first-order chi connectivity index (χ1) is 9.78. The van der Waals surface area contributed by atoms with Crippen molar-refractivity contribution in [1.29, 1.82) is 0 Å². The fourth-order valence-electron chi connectivity index (χ4n) is 2.31. The van der Waals surface area contributed by atoms with Crippen LogP contribution in [-0.4, -0.2) is 18.5 Å². The Morgan fingerprint density at radius 3 is 2.65 bits per heavy atom. The van der Waals surface area contributed by atoms with E-state index in [-0.39, 0.29) is 0 Å². The summed E-state index contributed by atoms with van der Waals surface area (Å²) >= 11 is 0. The molecule has 1 aromatic heterocycles. The van der Waals surface area contributed by atoms with Gasteiger partial charge in [0.2, 0.25) is 0 Å². The molecule has 0 unspecified atom stereocenters. The minimum Gasteiger partial charge on any atom is -0.472 e. The highest BCUT2D eigenvalue weighted by Gasteiger charge is 2.03. The lowest BCUT2D eigenvalue weighted by molar-refractivity contribution is 0.317. The van der Waals surface area contributed by atoms with E-state index in [2.05, 4.69) is 48.5 Å². The first-order valence-electron chi connectivity index (χ1n) is 7.26. The molecule has 3 heteroatoms. The average molecular weight is 272 g/mol. The molecule has 0 aliphatic carbocycles. The van der Waals surface area contributed by atoms with E-state index in [9.17, 15) is 0 Å². The fourth-order valence-corrected chi connectivity index (χ4v) is 2.31. The van der Waals surface area contributed by atoms with Crippen molar-refractivity contribution in [2.24, 2.45) is 0 Å². The Balaban J connectivity index is 1.86. The van der Waals surface area contributed by atoms with E-state index >= 15 is 0 Å². The van der Waals surface area contributed by atoms with Crippen LogP contribution in [0.1, 0.15) is 30.0 Å². The molecule has 0 radical (unpaired) electrons. The van der Waals surface area contributed by atoms with Gasteiger partial charge in [0.05, 0.1) is 12.5 Å². The number of nitrogens with one attached hydrogen (secondary N) is 1. The first kappa shape index (κ1) is 14.8. The quantitative estimate of drug-likeness (QED) is 0.746. The van der Waals surface area contributed by atoms with Gasteiger partial charge in [-0.05, 0) is 37.2 Å². The lowest BCUT2D eigenvalue weighted by Crippen LogP contribution is -2.17. The van der Waals surface area contributed by atoms with Gasteiger partial charge in [-0.3, -0.25) is 4.90 Å². The van der Waals surface area contributed by atoms with Crippen LogP contribution in [0.5, 0.6) is 0 Å². The minimum atomic E-state index is 0.912. The average Bonchev–Trinajstić information content (AvgIpc) is 2.92. The highest BCUT2D eigenvalue weighted by molar-refractivity contribution is 5.23. The maximum atomic E-state index is 5.10. The van der Waals surface area contributed by atoms with Gasteiger partial charge in [0.25, 0.3) is 0 Å². The van der Waals surface area contributed by atoms with E-state index in [0.29, 0.717) is 0 Å². The van der Waals surface area contributed by atoms with Crippen molar-refractivity contribution in [2.45, 2.75) is 33.0 Å². The highest BCUT2D eigenvalue weighted by atomic mass is 16.3. The predicted octanol–water partition coefficient (Wildman–Crippen LogP) is 3.41. The lowest BCUT2D eigenvalue weighted by Gasteiger charge is -2.16. The normalized spacial score (nSPS) is 11.2. The van der Waals surface area contributed by atoms with Gasteiger partial charge in [-0.15, -0.1) is 0 Å². The summed E-state index contributed by atoms with van der Waals surface area (Å²) in [5.41, 5.74) is 3.92. The SMILES string of the molecule is CCCNCc1cccc(CN(C)Cc2ccoc2)c1. The van der Waals surface area contributed by atoms with Gasteiger partial charge in [-0.1, -0.05) is 31.2 Å². The third-order valence-electron chi connectivity index (χ3n) is 3.23. The first-order valence-corrected chi connectivity index (χ1v) is 7.26. The molecule has 0 saturated carbocycles. The van der Waals surface area contributed by atoms with E-state index < -0.39 is 0 Å². The van der Waals surface area contributed by atoms with Crippen LogP contribution in [0.25, 0.3) is 0 Å². The second kappa shape index (κ2) is 7.88. The summed E-state index contributed by atoms with van der Waals surface area (Å²) in [7, 11) is 2.13. The molecule has 20 heavy (non-hydrogen) atoms. The molecule has 0 fully saturated rings. The van der Waals surface area contributed by atoms with Gasteiger partial charge in [-0.2, -0.15) is 0 Å². The Bertz CT molecular complexity index is 493. The molecule has 0 saturated heterocycles. The monoisotopic (exact) mass is 272 g/mol. The summed E-state index contributed by atoms with van der Waals surface area (Å²) in [6, 6.07) is 10.8. The van der Waals surface area contributed by atoms with E-state index in [0.717, 1.165) is 26.2 Å². The molecule has 1 aromatic carbocycles. The minimum absolute atomic E-state index is 0.912. The standard InChI is InChI=1S/C17H24N2O/c1-3-8-18-11-15-5-4-6-16(10-15)12-19(2)13-17-7-9-20-14-17/h4-7,9-10,14,18H,3,8,11-13H2,1-2H3. The van der Waals surface area contributed by atoms with Crippen molar-refractivity contribution < 1.29 is 4.42 Å². The van der Waals surface area contributed by atoms with Gasteiger partial charge in [0.15, 0.2) is 0 Å². The Labute approximate surface area is 121 Å². The third-order valence-corrected chi connectivity index (χ3v) is 3.23. The van der Waals surface area contributed by atoms with Gasteiger partial charge in [0, 0.05) is 25.2 Å². The second-order valence-electron chi connectivity index (χ2n) is 5.30. The van der Waals surface area contributed by atoms with E-state index in [1.165, 1.54) is 23.1 Å². The van der Waals surface area contributed by atoms with Gasteiger partial charge in [0.1, 0.15) is 0 Å². The van der Waals surface area contributed by atoms with Crippen LogP contribution < -0.4 is 5.32 Å². The summed E-state index contributed by atoms with van der Waals surface area (Å²) in [5.74, 6) is 0. The number of nitrogens with zero attached hydrogens (tertiary/aromatic N) is 1. The van der Waals surface area contributed by atoms with Crippen molar-refractivity contribution in [3.05, 3.63) is 59.5 Å². The second-order valence-corrected chi connectivity index (χ2v) is 5.30. The van der Waals surface area contributed by atoms with Crippen LogP contribution in [-0.2, 0) is 19.6 Å². The van der Waals surface area contributed by atoms with Crippen LogP contribution in [0.15, 0.2) is 47.3 Å². The number of benzene rings is 1. The molecule has 0 amide bonds. The van der Waals surface area contributed by atoms with Crippen molar-refractivity contribution in [1.82, 2.24) is 10.2 Å². The van der Waals surface area contributed by atoms with Crippen LogP contribution >= 0.6 is 0 Å². The maximum Gasteiger partial charge on any atom is 0.0947 e. The molecule has 0 bridgehead atoms. The largest absolute Gasteiger partial charge is 0.472 e. The zero-order valence-electron chi connectivity index (χ0n) is 12.4. The topological polar surface area (TPSA) is 28.4 Å². The van der Waals surface area contributed by atoms with Crippen LogP contribution in [0.2, 0.25) is 0 Å². The third kappa shape index (κ3) is 4.83. The van der Waals surface area contributed by atoms with E-state index in [1.807, 2.05) is 12.3 Å². The zero-order valence-corrected chi connectivity index (χ0v) is 12.4. The molecular weight excluding hydrogens is 248 g/mol. The Morgan fingerprint density at radius 1 is 1.10 bits per heavy atom. The molecule has 0 atom stereocenters. The molecule has 1 heterocycles. The van der Waals surface area contributed by atoms with Crippen LogP contribution in [0, 0.1) is 0 Å². The summed E-state index contributed by atoms with van der Waals surface area (Å²) in [6.07, 6.45) is 4.71. The Kier molecular flexibility index (Phi) is 5.84. The van der Waals surface area contributed by atoms with Crippen molar-refractivity contribution in [2.75, 3.05) is 13.6 Å². The molecule has 3 nitrogen and oxygen atoms in total. The highest BCUT2D eigenvalue weighted by Crippen LogP contribution is 2.10. The molecule has 2 aromatic rings. The summed E-state index contributed by atoms with van der Waals surface area (Å²) in [6.45, 7) is 6.08. The summed E-state index contributed by atoms with van der Waals surface area (Å²) in [4.78, 5) is 2.30. The lowest BCUT2D eigenvalue weighted by atomic mass is 10.1. The number of hydrogen-bond donors (Lipinski definition) is 1. The molecule has 108 valence electrons. The molecule has 2 rings (SSSR count). The van der Waals surface area contributed by atoms with E-state index in [1.54, 1.807) is 6.26 Å².